The summed E-state index contributed by atoms with van der Waals surface area (Å²) in [6.45, 7) is 5.44. The largest absolute Gasteiger partial charge is 0.309 e. The molecule has 0 saturated carbocycles. The molecule has 0 saturated heterocycles. The van der Waals surface area contributed by atoms with Crippen molar-refractivity contribution >= 4 is 0 Å². The Hall–Kier alpha value is -0.960. The molecule has 1 heterocycles. The monoisotopic (exact) mass is 207 g/mol. The van der Waals surface area contributed by atoms with Gasteiger partial charge in [0.25, 0.3) is 0 Å². The number of hydrogen-bond donors (Lipinski definition) is 1. The zero-order valence-electron chi connectivity index (χ0n) is 9.74. The standard InChI is InChI=1S/C12H21N3/c1-3-5-6-11(14-7-4-2)12-10-13-8-9-15-12/h8-11,14H,3-7H2,1-2H3. The summed E-state index contributed by atoms with van der Waals surface area (Å²) in [6.07, 6.45) is 10.1. The zero-order chi connectivity index (χ0) is 10.9. The Bertz CT molecular complexity index is 240. The molecule has 0 spiro atoms. The fourth-order valence-electron chi connectivity index (χ4n) is 1.57. The summed E-state index contributed by atoms with van der Waals surface area (Å²) in [5.74, 6) is 0. The number of hydrogen-bond acceptors (Lipinski definition) is 3. The van der Waals surface area contributed by atoms with Gasteiger partial charge in [-0.25, -0.2) is 0 Å². The van der Waals surface area contributed by atoms with Gasteiger partial charge in [0.1, 0.15) is 0 Å². The Morgan fingerprint density at radius 2 is 2.13 bits per heavy atom. The summed E-state index contributed by atoms with van der Waals surface area (Å²) in [6, 6.07) is 0.374. The van der Waals surface area contributed by atoms with Gasteiger partial charge in [-0.1, -0.05) is 26.7 Å². The van der Waals surface area contributed by atoms with Gasteiger partial charge in [0.05, 0.1) is 11.7 Å². The van der Waals surface area contributed by atoms with E-state index in [9.17, 15) is 0 Å². The maximum atomic E-state index is 4.36. The fourth-order valence-corrected chi connectivity index (χ4v) is 1.57. The molecule has 1 aromatic rings. The molecule has 84 valence electrons. The second kappa shape index (κ2) is 7.35. The van der Waals surface area contributed by atoms with Crippen molar-refractivity contribution in [2.45, 2.75) is 45.6 Å². The number of rotatable bonds is 7. The van der Waals surface area contributed by atoms with Crippen molar-refractivity contribution in [3.8, 4) is 0 Å². The van der Waals surface area contributed by atoms with Crippen LogP contribution in [0, 0.1) is 0 Å². The molecule has 0 aliphatic rings. The molecule has 0 aliphatic heterocycles. The normalized spacial score (nSPS) is 12.7. The third-order valence-corrected chi connectivity index (χ3v) is 2.43. The van der Waals surface area contributed by atoms with Crippen molar-refractivity contribution < 1.29 is 0 Å². The van der Waals surface area contributed by atoms with Crippen LogP contribution in [0.2, 0.25) is 0 Å². The first kappa shape index (κ1) is 12.1. The maximum Gasteiger partial charge on any atom is 0.0756 e. The molecule has 1 rings (SSSR count). The third kappa shape index (κ3) is 4.38. The average molecular weight is 207 g/mol. The number of unbranched alkanes of at least 4 members (excludes halogenated alkanes) is 1. The van der Waals surface area contributed by atoms with Gasteiger partial charge in [0.2, 0.25) is 0 Å². The summed E-state index contributed by atoms with van der Waals surface area (Å²) in [7, 11) is 0. The van der Waals surface area contributed by atoms with E-state index in [1.807, 2.05) is 6.20 Å². The van der Waals surface area contributed by atoms with Crippen molar-refractivity contribution in [1.29, 1.82) is 0 Å². The van der Waals surface area contributed by atoms with Crippen LogP contribution in [0.3, 0.4) is 0 Å². The first-order valence-electron chi connectivity index (χ1n) is 5.87. The Morgan fingerprint density at radius 1 is 1.27 bits per heavy atom. The molecule has 1 N–H and O–H groups in total. The molecule has 0 aliphatic carbocycles. The summed E-state index contributed by atoms with van der Waals surface area (Å²) >= 11 is 0. The average Bonchev–Trinajstić information content (AvgIpc) is 2.30. The lowest BCUT2D eigenvalue weighted by Crippen LogP contribution is -2.23. The van der Waals surface area contributed by atoms with Gasteiger partial charge in [0, 0.05) is 18.6 Å². The van der Waals surface area contributed by atoms with Crippen LogP contribution in [0.15, 0.2) is 18.6 Å². The van der Waals surface area contributed by atoms with E-state index in [4.69, 9.17) is 0 Å². The minimum atomic E-state index is 0.374. The van der Waals surface area contributed by atoms with Gasteiger partial charge in [-0.2, -0.15) is 0 Å². The Balaban J connectivity index is 2.55. The highest BCUT2D eigenvalue weighted by Crippen LogP contribution is 2.16. The lowest BCUT2D eigenvalue weighted by molar-refractivity contribution is 0.470. The summed E-state index contributed by atoms with van der Waals surface area (Å²) < 4.78 is 0. The van der Waals surface area contributed by atoms with E-state index in [0.29, 0.717) is 6.04 Å². The molecule has 15 heavy (non-hydrogen) atoms. The number of aromatic nitrogens is 2. The summed E-state index contributed by atoms with van der Waals surface area (Å²) in [4.78, 5) is 8.48. The van der Waals surface area contributed by atoms with Crippen LogP contribution < -0.4 is 5.32 Å². The molecular weight excluding hydrogens is 186 g/mol. The van der Waals surface area contributed by atoms with Crippen LogP contribution in [0.25, 0.3) is 0 Å². The van der Waals surface area contributed by atoms with Crippen LogP contribution in [0.1, 0.15) is 51.3 Å². The van der Waals surface area contributed by atoms with Crippen LogP contribution in [-0.2, 0) is 0 Å². The van der Waals surface area contributed by atoms with Crippen LogP contribution >= 0.6 is 0 Å². The van der Waals surface area contributed by atoms with Gasteiger partial charge < -0.3 is 5.32 Å². The quantitative estimate of drug-likeness (QED) is 0.747. The van der Waals surface area contributed by atoms with E-state index in [0.717, 1.165) is 25.1 Å². The minimum Gasteiger partial charge on any atom is -0.309 e. The lowest BCUT2D eigenvalue weighted by Gasteiger charge is -2.16. The van der Waals surface area contributed by atoms with Crippen molar-refractivity contribution in [2.24, 2.45) is 0 Å². The first-order valence-corrected chi connectivity index (χ1v) is 5.87. The van der Waals surface area contributed by atoms with E-state index < -0.39 is 0 Å². The predicted molar refractivity (Wildman–Crippen MR) is 62.6 cm³/mol. The molecule has 1 atom stereocenters. The number of nitrogens with zero attached hydrogens (tertiary/aromatic N) is 2. The molecule has 3 nitrogen and oxygen atoms in total. The van der Waals surface area contributed by atoms with Gasteiger partial charge >= 0.3 is 0 Å². The van der Waals surface area contributed by atoms with Crippen molar-refractivity contribution in [2.75, 3.05) is 6.54 Å². The first-order chi connectivity index (χ1) is 7.38. The maximum absolute atomic E-state index is 4.36. The highest BCUT2D eigenvalue weighted by atomic mass is 14.9. The molecule has 1 aromatic heterocycles. The van der Waals surface area contributed by atoms with Crippen LogP contribution in [0.5, 0.6) is 0 Å². The molecule has 0 bridgehead atoms. The highest BCUT2D eigenvalue weighted by Gasteiger charge is 2.10. The van der Waals surface area contributed by atoms with Gasteiger partial charge in [-0.15, -0.1) is 0 Å². The van der Waals surface area contributed by atoms with Crippen molar-refractivity contribution in [3.05, 3.63) is 24.3 Å². The van der Waals surface area contributed by atoms with E-state index in [2.05, 4.69) is 29.1 Å². The molecule has 1 unspecified atom stereocenters. The zero-order valence-corrected chi connectivity index (χ0v) is 9.74. The highest BCUT2D eigenvalue weighted by molar-refractivity contribution is 5.01. The van der Waals surface area contributed by atoms with Crippen LogP contribution in [-0.4, -0.2) is 16.5 Å². The smallest absolute Gasteiger partial charge is 0.0756 e. The topological polar surface area (TPSA) is 37.8 Å². The number of nitrogens with one attached hydrogen (secondary N) is 1. The van der Waals surface area contributed by atoms with Crippen LogP contribution in [0.4, 0.5) is 0 Å². The van der Waals surface area contributed by atoms with E-state index >= 15 is 0 Å². The fraction of sp³-hybridized carbons (Fsp3) is 0.667. The Morgan fingerprint density at radius 3 is 2.73 bits per heavy atom. The predicted octanol–water partition coefficient (Wildman–Crippen LogP) is 2.71. The molecule has 0 aromatic carbocycles. The second-order valence-corrected chi connectivity index (χ2v) is 3.78. The van der Waals surface area contributed by atoms with Gasteiger partial charge in [0.15, 0.2) is 0 Å². The van der Waals surface area contributed by atoms with E-state index in [1.54, 1.807) is 12.4 Å². The molecule has 0 radical (unpaired) electrons. The SMILES string of the molecule is CCCCC(NCCC)c1cnccn1. The molecule has 3 heteroatoms. The summed E-state index contributed by atoms with van der Waals surface area (Å²) in [5, 5.41) is 3.52. The lowest BCUT2D eigenvalue weighted by atomic mass is 10.1. The third-order valence-electron chi connectivity index (χ3n) is 2.43. The molecular formula is C12H21N3. The Labute approximate surface area is 92.3 Å². The van der Waals surface area contributed by atoms with E-state index in [-0.39, 0.29) is 0 Å². The summed E-state index contributed by atoms with van der Waals surface area (Å²) in [5.41, 5.74) is 1.07. The van der Waals surface area contributed by atoms with Gasteiger partial charge in [-0.05, 0) is 19.4 Å². The Kier molecular flexibility index (Phi) is 5.93. The molecule has 0 amide bonds. The van der Waals surface area contributed by atoms with Crippen molar-refractivity contribution in [1.82, 2.24) is 15.3 Å². The minimum absolute atomic E-state index is 0.374. The van der Waals surface area contributed by atoms with Crippen molar-refractivity contribution in [3.63, 3.8) is 0 Å². The van der Waals surface area contributed by atoms with Gasteiger partial charge in [-0.3, -0.25) is 9.97 Å². The second-order valence-electron chi connectivity index (χ2n) is 3.78. The molecule has 0 fully saturated rings. The van der Waals surface area contributed by atoms with E-state index in [1.165, 1.54) is 12.8 Å².